The molecule has 1 aliphatic rings. The second-order valence-corrected chi connectivity index (χ2v) is 3.20. The Morgan fingerprint density at radius 2 is 2.08 bits per heavy atom. The molecule has 1 N–H and O–H groups in total. The van der Waals surface area contributed by atoms with Crippen molar-refractivity contribution in [3.63, 3.8) is 0 Å². The van der Waals surface area contributed by atoms with Gasteiger partial charge in [0.15, 0.2) is 0 Å². The molecule has 0 saturated carbocycles. The van der Waals surface area contributed by atoms with Crippen LogP contribution in [0.4, 0.5) is 0 Å². The Balaban J connectivity index is 2.60. The largest absolute Gasteiger partial charge is 0.463 e. The van der Waals surface area contributed by atoms with Gasteiger partial charge in [0.2, 0.25) is 0 Å². The molecule has 1 aliphatic heterocycles. The average Bonchev–Trinajstić information content (AvgIpc) is 2.18. The van der Waals surface area contributed by atoms with E-state index in [0.29, 0.717) is 6.61 Å². The van der Waals surface area contributed by atoms with Crippen molar-refractivity contribution in [1.29, 1.82) is 0 Å². The van der Waals surface area contributed by atoms with E-state index in [9.17, 15) is 4.79 Å². The maximum atomic E-state index is 11.3. The molecular weight excluding hydrogens is 166 g/mol. The molecule has 0 amide bonds. The van der Waals surface area contributed by atoms with Crippen molar-refractivity contribution in [1.82, 2.24) is 5.32 Å². The second kappa shape index (κ2) is 5.02. The molecule has 0 aliphatic carbocycles. The first-order valence-electron chi connectivity index (χ1n) is 4.82. The van der Waals surface area contributed by atoms with Crippen molar-refractivity contribution < 1.29 is 9.53 Å². The second-order valence-electron chi connectivity index (χ2n) is 3.20. The molecule has 1 saturated heterocycles. The third-order valence-electron chi connectivity index (χ3n) is 2.32. The zero-order valence-electron chi connectivity index (χ0n) is 8.35. The van der Waals surface area contributed by atoms with Crippen LogP contribution >= 0.6 is 0 Å². The predicted molar refractivity (Wildman–Crippen MR) is 51.4 cm³/mol. The van der Waals surface area contributed by atoms with Crippen molar-refractivity contribution in [2.45, 2.75) is 26.7 Å². The summed E-state index contributed by atoms with van der Waals surface area (Å²) in [6.07, 6.45) is 1.95. The third kappa shape index (κ3) is 2.84. The molecule has 3 nitrogen and oxygen atoms in total. The van der Waals surface area contributed by atoms with Crippen LogP contribution in [0.5, 0.6) is 0 Å². The Morgan fingerprint density at radius 3 is 2.62 bits per heavy atom. The van der Waals surface area contributed by atoms with Crippen LogP contribution in [0.15, 0.2) is 11.1 Å². The van der Waals surface area contributed by atoms with Crippen LogP contribution in [0, 0.1) is 0 Å². The molecule has 13 heavy (non-hydrogen) atoms. The lowest BCUT2D eigenvalue weighted by Crippen LogP contribution is -2.24. The fourth-order valence-electron chi connectivity index (χ4n) is 1.49. The van der Waals surface area contributed by atoms with Gasteiger partial charge in [0.05, 0.1) is 6.61 Å². The van der Waals surface area contributed by atoms with E-state index in [4.69, 9.17) is 4.74 Å². The standard InChI is InChI=1S/C10H17NO2/c1-3-13-10(12)8(2)9-4-6-11-7-5-9/h11H,3-7H2,1-2H3. The van der Waals surface area contributed by atoms with Gasteiger partial charge in [0.25, 0.3) is 0 Å². The topological polar surface area (TPSA) is 38.3 Å². The van der Waals surface area contributed by atoms with Gasteiger partial charge < -0.3 is 10.1 Å². The number of hydrogen-bond acceptors (Lipinski definition) is 3. The van der Waals surface area contributed by atoms with Gasteiger partial charge in [0.1, 0.15) is 0 Å². The number of rotatable bonds is 2. The lowest BCUT2D eigenvalue weighted by molar-refractivity contribution is -0.138. The smallest absolute Gasteiger partial charge is 0.333 e. The van der Waals surface area contributed by atoms with Crippen LogP contribution in [-0.2, 0) is 9.53 Å². The highest BCUT2D eigenvalue weighted by Crippen LogP contribution is 2.16. The Morgan fingerprint density at radius 1 is 1.46 bits per heavy atom. The molecule has 0 bridgehead atoms. The zero-order chi connectivity index (χ0) is 9.68. The van der Waals surface area contributed by atoms with Crippen LogP contribution in [0.2, 0.25) is 0 Å². The Bertz CT molecular complexity index is 213. The maximum Gasteiger partial charge on any atom is 0.333 e. The van der Waals surface area contributed by atoms with E-state index >= 15 is 0 Å². The van der Waals surface area contributed by atoms with E-state index in [-0.39, 0.29) is 5.97 Å². The molecule has 74 valence electrons. The van der Waals surface area contributed by atoms with Gasteiger partial charge >= 0.3 is 5.97 Å². The highest BCUT2D eigenvalue weighted by molar-refractivity contribution is 5.88. The first kappa shape index (κ1) is 10.3. The van der Waals surface area contributed by atoms with Crippen LogP contribution in [0.25, 0.3) is 0 Å². The number of esters is 1. The van der Waals surface area contributed by atoms with Crippen molar-refractivity contribution in [2.75, 3.05) is 19.7 Å². The lowest BCUT2D eigenvalue weighted by Gasteiger charge is -2.17. The first-order chi connectivity index (χ1) is 6.25. The maximum absolute atomic E-state index is 11.3. The minimum absolute atomic E-state index is 0.153. The van der Waals surface area contributed by atoms with E-state index < -0.39 is 0 Å². The number of nitrogens with one attached hydrogen (secondary N) is 1. The summed E-state index contributed by atoms with van der Waals surface area (Å²) in [6, 6.07) is 0. The summed E-state index contributed by atoms with van der Waals surface area (Å²) < 4.78 is 4.94. The third-order valence-corrected chi connectivity index (χ3v) is 2.32. The van der Waals surface area contributed by atoms with E-state index in [1.807, 2.05) is 13.8 Å². The summed E-state index contributed by atoms with van der Waals surface area (Å²) >= 11 is 0. The van der Waals surface area contributed by atoms with E-state index in [2.05, 4.69) is 5.32 Å². The summed E-state index contributed by atoms with van der Waals surface area (Å²) in [6.45, 7) is 6.11. The monoisotopic (exact) mass is 183 g/mol. The summed E-state index contributed by atoms with van der Waals surface area (Å²) in [5.74, 6) is -0.153. The molecule has 0 atom stereocenters. The van der Waals surface area contributed by atoms with Crippen molar-refractivity contribution in [3.05, 3.63) is 11.1 Å². The molecule has 0 radical (unpaired) electrons. The van der Waals surface area contributed by atoms with Crippen molar-refractivity contribution in [2.24, 2.45) is 0 Å². The van der Waals surface area contributed by atoms with Crippen LogP contribution in [0.3, 0.4) is 0 Å². The SMILES string of the molecule is CCOC(=O)C(C)=C1CCNCC1. The fourth-order valence-corrected chi connectivity index (χ4v) is 1.49. The highest BCUT2D eigenvalue weighted by Gasteiger charge is 2.13. The number of carbonyl (C=O) groups excluding carboxylic acids is 1. The number of ether oxygens (including phenoxy) is 1. The van der Waals surface area contributed by atoms with Gasteiger partial charge in [-0.05, 0) is 39.8 Å². The molecule has 0 aromatic rings. The molecule has 0 aromatic heterocycles. The molecule has 1 fully saturated rings. The van der Waals surface area contributed by atoms with Crippen LogP contribution < -0.4 is 5.32 Å². The fraction of sp³-hybridized carbons (Fsp3) is 0.700. The molecule has 1 heterocycles. The number of hydrogen-bond donors (Lipinski definition) is 1. The van der Waals surface area contributed by atoms with Gasteiger partial charge in [-0.1, -0.05) is 5.57 Å². The Labute approximate surface area is 79.2 Å². The van der Waals surface area contributed by atoms with E-state index in [1.165, 1.54) is 5.57 Å². The Kier molecular flexibility index (Phi) is 3.96. The Hall–Kier alpha value is -0.830. The number of carbonyl (C=O) groups is 1. The zero-order valence-corrected chi connectivity index (χ0v) is 8.35. The van der Waals surface area contributed by atoms with Gasteiger partial charge in [-0.25, -0.2) is 4.79 Å². The quantitative estimate of drug-likeness (QED) is 0.517. The number of piperidine rings is 1. The van der Waals surface area contributed by atoms with E-state index in [1.54, 1.807) is 0 Å². The minimum atomic E-state index is -0.153. The summed E-state index contributed by atoms with van der Waals surface area (Å²) in [7, 11) is 0. The lowest BCUT2D eigenvalue weighted by atomic mass is 10.0. The summed E-state index contributed by atoms with van der Waals surface area (Å²) in [5.41, 5.74) is 2.06. The van der Waals surface area contributed by atoms with Gasteiger partial charge in [-0.3, -0.25) is 0 Å². The van der Waals surface area contributed by atoms with Crippen LogP contribution in [-0.4, -0.2) is 25.7 Å². The summed E-state index contributed by atoms with van der Waals surface area (Å²) in [4.78, 5) is 11.3. The molecule has 3 heteroatoms. The molecule has 0 aromatic carbocycles. The predicted octanol–water partition coefficient (Wildman–Crippen LogP) is 1.25. The van der Waals surface area contributed by atoms with Crippen LogP contribution in [0.1, 0.15) is 26.7 Å². The highest BCUT2D eigenvalue weighted by atomic mass is 16.5. The van der Waals surface area contributed by atoms with E-state index in [0.717, 1.165) is 31.5 Å². The molecule has 1 rings (SSSR count). The molecule has 0 spiro atoms. The average molecular weight is 183 g/mol. The normalized spacial score (nSPS) is 16.9. The molecule has 0 unspecified atom stereocenters. The summed E-state index contributed by atoms with van der Waals surface area (Å²) in [5, 5.41) is 3.25. The first-order valence-corrected chi connectivity index (χ1v) is 4.82. The van der Waals surface area contributed by atoms with Gasteiger partial charge in [-0.15, -0.1) is 0 Å². The molecular formula is C10H17NO2. The minimum Gasteiger partial charge on any atom is -0.463 e. The van der Waals surface area contributed by atoms with Gasteiger partial charge in [-0.2, -0.15) is 0 Å². The van der Waals surface area contributed by atoms with Crippen molar-refractivity contribution >= 4 is 5.97 Å². The van der Waals surface area contributed by atoms with Crippen molar-refractivity contribution in [3.8, 4) is 0 Å². The van der Waals surface area contributed by atoms with Gasteiger partial charge in [0, 0.05) is 5.57 Å².